The van der Waals surface area contributed by atoms with Gasteiger partial charge in [0.25, 0.3) is 0 Å². The lowest BCUT2D eigenvalue weighted by Crippen LogP contribution is -2.26. The minimum atomic E-state index is -0.369. The largest absolute Gasteiger partial charge is 0.460 e. The number of esters is 2. The highest BCUT2D eigenvalue weighted by Gasteiger charge is 2.20. The summed E-state index contributed by atoms with van der Waals surface area (Å²) in [5.74, 6) is -0.266. The Kier molecular flexibility index (Phi) is 19.2. The van der Waals surface area contributed by atoms with Gasteiger partial charge in [-0.2, -0.15) is 0 Å². The van der Waals surface area contributed by atoms with Gasteiger partial charge in [0.15, 0.2) is 0 Å². The standard InChI is InChI=1S/C30H56O4/c1-7-29(3,4)33-27(31)25-23-21-19-17-15-13-11-9-10-12-14-16-18-20-22-24-26-28(32)34-30(5,6)8-2/h23,25H,7-22,24,26H2,1-6H3/b25-23+. The van der Waals surface area contributed by atoms with E-state index < -0.39 is 0 Å². The third kappa shape index (κ3) is 21.2. The molecule has 0 aliphatic rings. The molecule has 0 heterocycles. The van der Waals surface area contributed by atoms with E-state index in [4.69, 9.17) is 9.47 Å². The highest BCUT2D eigenvalue weighted by molar-refractivity contribution is 5.82. The molecular weight excluding hydrogens is 424 g/mol. The monoisotopic (exact) mass is 480 g/mol. The van der Waals surface area contributed by atoms with Crippen LogP contribution in [0.1, 0.15) is 157 Å². The Morgan fingerprint density at radius 1 is 0.588 bits per heavy atom. The summed E-state index contributed by atoms with van der Waals surface area (Å²) in [4.78, 5) is 23.5. The molecular formula is C30H56O4. The summed E-state index contributed by atoms with van der Waals surface area (Å²) in [6, 6.07) is 0. The van der Waals surface area contributed by atoms with Gasteiger partial charge in [0.2, 0.25) is 0 Å². The van der Waals surface area contributed by atoms with Crippen molar-refractivity contribution < 1.29 is 19.1 Å². The molecule has 0 fully saturated rings. The van der Waals surface area contributed by atoms with Crippen LogP contribution in [0.4, 0.5) is 0 Å². The summed E-state index contributed by atoms with van der Waals surface area (Å²) in [7, 11) is 0. The van der Waals surface area contributed by atoms with Crippen LogP contribution in [0.2, 0.25) is 0 Å². The molecule has 0 rings (SSSR count). The topological polar surface area (TPSA) is 52.6 Å². The molecule has 34 heavy (non-hydrogen) atoms. The Morgan fingerprint density at radius 3 is 1.41 bits per heavy atom. The Hall–Kier alpha value is -1.32. The molecule has 4 heteroatoms. The van der Waals surface area contributed by atoms with Gasteiger partial charge >= 0.3 is 11.9 Å². The number of carbonyl (C=O) groups is 2. The number of allylic oxidation sites excluding steroid dienone is 1. The van der Waals surface area contributed by atoms with Crippen molar-refractivity contribution in [2.75, 3.05) is 0 Å². The lowest BCUT2D eigenvalue weighted by atomic mass is 10.0. The summed E-state index contributed by atoms with van der Waals surface area (Å²) >= 11 is 0. The first kappa shape index (κ1) is 32.7. The van der Waals surface area contributed by atoms with Crippen molar-refractivity contribution in [3.8, 4) is 0 Å². The molecule has 200 valence electrons. The fourth-order valence-corrected chi connectivity index (χ4v) is 3.64. The molecule has 0 N–H and O–H groups in total. The summed E-state index contributed by atoms with van der Waals surface area (Å²) in [6.07, 6.45) is 24.5. The zero-order valence-electron chi connectivity index (χ0n) is 23.5. The van der Waals surface area contributed by atoms with Crippen molar-refractivity contribution >= 4 is 11.9 Å². The average Bonchev–Trinajstić information content (AvgIpc) is 2.77. The van der Waals surface area contributed by atoms with Crippen molar-refractivity contribution in [1.29, 1.82) is 0 Å². The number of carbonyl (C=O) groups excluding carboxylic acids is 2. The van der Waals surface area contributed by atoms with E-state index in [1.54, 1.807) is 6.08 Å². The minimum Gasteiger partial charge on any atom is -0.460 e. The summed E-state index contributed by atoms with van der Waals surface area (Å²) in [5, 5.41) is 0. The van der Waals surface area contributed by atoms with E-state index in [-0.39, 0.29) is 23.1 Å². The predicted molar refractivity (Wildman–Crippen MR) is 144 cm³/mol. The number of hydrogen-bond acceptors (Lipinski definition) is 4. The molecule has 0 radical (unpaired) electrons. The van der Waals surface area contributed by atoms with Crippen LogP contribution in [0.15, 0.2) is 12.2 Å². The zero-order valence-corrected chi connectivity index (χ0v) is 23.5. The molecule has 0 aromatic heterocycles. The maximum absolute atomic E-state index is 11.8. The summed E-state index contributed by atoms with van der Waals surface area (Å²) < 4.78 is 10.9. The molecule has 0 spiro atoms. The van der Waals surface area contributed by atoms with E-state index in [1.807, 2.05) is 47.6 Å². The fourth-order valence-electron chi connectivity index (χ4n) is 3.64. The van der Waals surface area contributed by atoms with Gasteiger partial charge in [0.1, 0.15) is 11.2 Å². The number of rotatable bonds is 22. The van der Waals surface area contributed by atoms with Gasteiger partial charge in [-0.3, -0.25) is 4.79 Å². The Balaban J connectivity index is 3.35. The SMILES string of the molecule is CCC(C)(C)OC(=O)/C=C/CCCCCCCCCCCCCCCCC(=O)OC(C)(C)CC. The Labute approximate surface area is 211 Å². The maximum atomic E-state index is 11.8. The highest BCUT2D eigenvalue weighted by atomic mass is 16.6. The first-order valence-electron chi connectivity index (χ1n) is 14.2. The molecule has 0 aromatic rings. The van der Waals surface area contributed by atoms with Gasteiger partial charge < -0.3 is 9.47 Å². The molecule has 0 aliphatic heterocycles. The van der Waals surface area contributed by atoms with E-state index in [2.05, 4.69) is 0 Å². The molecule has 0 aliphatic carbocycles. The molecule has 0 saturated heterocycles. The van der Waals surface area contributed by atoms with Crippen LogP contribution < -0.4 is 0 Å². The van der Waals surface area contributed by atoms with Gasteiger partial charge in [-0.05, 0) is 59.8 Å². The van der Waals surface area contributed by atoms with Crippen molar-refractivity contribution in [3.63, 3.8) is 0 Å². The Morgan fingerprint density at radius 2 is 0.971 bits per heavy atom. The first-order valence-corrected chi connectivity index (χ1v) is 14.2. The minimum absolute atomic E-state index is 0.0442. The van der Waals surface area contributed by atoms with Crippen LogP contribution in [0.3, 0.4) is 0 Å². The fraction of sp³-hybridized carbons (Fsp3) is 0.867. The van der Waals surface area contributed by atoms with Crippen molar-refractivity contribution in [3.05, 3.63) is 12.2 Å². The van der Waals surface area contributed by atoms with E-state index >= 15 is 0 Å². The molecule has 4 nitrogen and oxygen atoms in total. The summed E-state index contributed by atoms with van der Waals surface area (Å²) in [6.45, 7) is 11.9. The van der Waals surface area contributed by atoms with Gasteiger partial charge in [-0.15, -0.1) is 0 Å². The first-order chi connectivity index (χ1) is 16.1. The third-order valence-corrected chi connectivity index (χ3v) is 6.73. The second-order valence-corrected chi connectivity index (χ2v) is 11.0. The van der Waals surface area contributed by atoms with Crippen molar-refractivity contribution in [2.24, 2.45) is 0 Å². The van der Waals surface area contributed by atoms with Gasteiger partial charge in [0, 0.05) is 12.5 Å². The van der Waals surface area contributed by atoms with Crippen molar-refractivity contribution in [1.82, 2.24) is 0 Å². The molecule has 0 aromatic carbocycles. The second-order valence-electron chi connectivity index (χ2n) is 11.0. The number of hydrogen-bond donors (Lipinski definition) is 0. The van der Waals surface area contributed by atoms with Crippen LogP contribution in [-0.4, -0.2) is 23.1 Å². The van der Waals surface area contributed by atoms with E-state index in [0.717, 1.165) is 38.5 Å². The van der Waals surface area contributed by atoms with E-state index in [0.29, 0.717) is 6.42 Å². The quantitative estimate of drug-likeness (QED) is 0.0880. The molecule has 0 saturated carbocycles. The van der Waals surface area contributed by atoms with Crippen molar-refractivity contribution in [2.45, 2.75) is 168 Å². The smallest absolute Gasteiger partial charge is 0.330 e. The van der Waals surface area contributed by atoms with Crippen LogP contribution in [-0.2, 0) is 19.1 Å². The lowest BCUT2D eigenvalue weighted by molar-refractivity contribution is -0.157. The molecule has 0 amide bonds. The van der Waals surface area contributed by atoms with Gasteiger partial charge in [-0.25, -0.2) is 4.79 Å². The van der Waals surface area contributed by atoms with Gasteiger partial charge in [-0.1, -0.05) is 97.0 Å². The lowest BCUT2D eigenvalue weighted by Gasteiger charge is -2.23. The second kappa shape index (κ2) is 19.9. The van der Waals surface area contributed by atoms with Crippen LogP contribution in [0.5, 0.6) is 0 Å². The van der Waals surface area contributed by atoms with E-state index in [1.165, 1.54) is 70.6 Å². The predicted octanol–water partition coefficient (Wildman–Crippen LogP) is 9.25. The normalized spacial score (nSPS) is 12.3. The number of unbranched alkanes of at least 4 members (excludes halogenated alkanes) is 14. The van der Waals surface area contributed by atoms with Crippen LogP contribution in [0, 0.1) is 0 Å². The Bertz CT molecular complexity index is 548. The average molecular weight is 481 g/mol. The van der Waals surface area contributed by atoms with Crippen LogP contribution >= 0.6 is 0 Å². The summed E-state index contributed by atoms with van der Waals surface area (Å²) in [5.41, 5.74) is -0.690. The molecule has 0 atom stereocenters. The van der Waals surface area contributed by atoms with E-state index in [9.17, 15) is 9.59 Å². The highest BCUT2D eigenvalue weighted by Crippen LogP contribution is 2.17. The van der Waals surface area contributed by atoms with Crippen LogP contribution in [0.25, 0.3) is 0 Å². The maximum Gasteiger partial charge on any atom is 0.330 e. The third-order valence-electron chi connectivity index (χ3n) is 6.73. The molecule has 0 bridgehead atoms. The zero-order chi connectivity index (χ0) is 25.7. The molecule has 0 unspecified atom stereocenters. The van der Waals surface area contributed by atoms with Gasteiger partial charge in [0.05, 0.1) is 0 Å². The number of ether oxygens (including phenoxy) is 2.